The number of hydrogen-bond donors (Lipinski definition) is 0. The minimum atomic E-state index is -0.492. The SMILES string of the molecule is CC1CC(C)(C)N(C)c2cc(Cl)c(/C=C3\SC(=O)N(Cc4ccc([N+](=O)[O-])cc4)C3=O)cc21. The number of halogens is 1. The normalized spacial score (nSPS) is 21.0. The molecule has 0 aliphatic carbocycles. The number of carbonyl (C=O) groups is 2. The van der Waals surface area contributed by atoms with Crippen LogP contribution in [0.15, 0.2) is 41.3 Å². The van der Waals surface area contributed by atoms with Crippen LogP contribution in [0, 0.1) is 10.1 Å². The summed E-state index contributed by atoms with van der Waals surface area (Å²) in [4.78, 5) is 39.5. The molecule has 0 N–H and O–H groups in total. The Bertz CT molecular complexity index is 1190. The molecule has 1 atom stereocenters. The van der Waals surface area contributed by atoms with Gasteiger partial charge in [-0.3, -0.25) is 24.6 Å². The molecule has 0 spiro atoms. The van der Waals surface area contributed by atoms with Gasteiger partial charge in [0, 0.05) is 35.4 Å². The maximum atomic E-state index is 13.0. The molecule has 1 unspecified atom stereocenters. The van der Waals surface area contributed by atoms with Crippen molar-refractivity contribution < 1.29 is 14.5 Å². The predicted molar refractivity (Wildman–Crippen MR) is 132 cm³/mol. The van der Waals surface area contributed by atoms with E-state index in [0.717, 1.165) is 34.3 Å². The molecule has 2 aromatic carbocycles. The first-order valence-corrected chi connectivity index (χ1v) is 11.7. The second-order valence-electron chi connectivity index (χ2n) is 9.10. The van der Waals surface area contributed by atoms with Crippen LogP contribution in [0.4, 0.5) is 16.2 Å². The van der Waals surface area contributed by atoms with Gasteiger partial charge in [-0.25, -0.2) is 0 Å². The molecular weight excluding hydrogens is 462 g/mol. The molecule has 172 valence electrons. The number of nitro groups is 1. The zero-order valence-corrected chi connectivity index (χ0v) is 20.4. The molecular formula is C24H24ClN3O4S. The lowest BCUT2D eigenvalue weighted by Crippen LogP contribution is -2.45. The van der Waals surface area contributed by atoms with Crippen molar-refractivity contribution in [1.29, 1.82) is 0 Å². The van der Waals surface area contributed by atoms with E-state index in [1.165, 1.54) is 12.1 Å². The summed E-state index contributed by atoms with van der Waals surface area (Å²) in [5.74, 6) is -0.0729. The smallest absolute Gasteiger partial charge is 0.293 e. The van der Waals surface area contributed by atoms with Crippen LogP contribution in [0.1, 0.15) is 49.8 Å². The molecule has 7 nitrogen and oxygen atoms in total. The first-order chi connectivity index (χ1) is 15.5. The average molecular weight is 486 g/mol. The number of anilines is 1. The van der Waals surface area contributed by atoms with Crippen LogP contribution in [0.25, 0.3) is 6.08 Å². The summed E-state index contributed by atoms with van der Waals surface area (Å²) >= 11 is 7.46. The van der Waals surface area contributed by atoms with Crippen molar-refractivity contribution in [2.24, 2.45) is 0 Å². The summed E-state index contributed by atoms with van der Waals surface area (Å²) < 4.78 is 0. The van der Waals surface area contributed by atoms with Gasteiger partial charge in [-0.05, 0) is 72.8 Å². The molecule has 2 heterocycles. The van der Waals surface area contributed by atoms with Crippen molar-refractivity contribution >= 4 is 52.0 Å². The van der Waals surface area contributed by atoms with Gasteiger partial charge in [-0.2, -0.15) is 0 Å². The number of fused-ring (bicyclic) bond motifs is 1. The fraction of sp³-hybridized carbons (Fsp3) is 0.333. The third-order valence-corrected chi connectivity index (χ3v) is 7.63. The highest BCUT2D eigenvalue weighted by Gasteiger charge is 2.37. The number of nitrogens with zero attached hydrogens (tertiary/aromatic N) is 3. The van der Waals surface area contributed by atoms with E-state index in [2.05, 4.69) is 32.7 Å². The molecule has 4 rings (SSSR count). The first kappa shape index (κ1) is 23.3. The Kier molecular flexibility index (Phi) is 6.01. The Balaban J connectivity index is 1.60. The highest BCUT2D eigenvalue weighted by atomic mass is 35.5. The van der Waals surface area contributed by atoms with E-state index in [9.17, 15) is 19.7 Å². The molecule has 0 bridgehead atoms. The van der Waals surface area contributed by atoms with Crippen molar-refractivity contribution in [2.45, 2.75) is 45.2 Å². The minimum Gasteiger partial charge on any atom is -0.369 e. The van der Waals surface area contributed by atoms with E-state index in [4.69, 9.17) is 11.6 Å². The zero-order valence-electron chi connectivity index (χ0n) is 18.8. The second-order valence-corrected chi connectivity index (χ2v) is 10.5. The van der Waals surface area contributed by atoms with Crippen molar-refractivity contribution in [3.8, 4) is 0 Å². The van der Waals surface area contributed by atoms with Crippen LogP contribution in [-0.4, -0.2) is 33.6 Å². The second kappa shape index (κ2) is 8.50. The summed E-state index contributed by atoms with van der Waals surface area (Å²) in [6, 6.07) is 9.75. The summed E-state index contributed by atoms with van der Waals surface area (Å²) in [6.45, 7) is 6.64. The monoisotopic (exact) mass is 485 g/mol. The number of non-ortho nitro benzene ring substituents is 1. The van der Waals surface area contributed by atoms with Crippen molar-refractivity contribution in [3.63, 3.8) is 0 Å². The number of benzene rings is 2. The molecule has 2 aliphatic rings. The number of amides is 2. The third kappa shape index (κ3) is 4.37. The molecule has 0 saturated carbocycles. The van der Waals surface area contributed by atoms with Gasteiger partial charge in [0.15, 0.2) is 0 Å². The van der Waals surface area contributed by atoms with Gasteiger partial charge in [0.2, 0.25) is 0 Å². The van der Waals surface area contributed by atoms with Crippen molar-refractivity contribution in [1.82, 2.24) is 4.90 Å². The fourth-order valence-electron chi connectivity index (χ4n) is 4.40. The number of rotatable bonds is 4. The van der Waals surface area contributed by atoms with E-state index >= 15 is 0 Å². The van der Waals surface area contributed by atoms with E-state index < -0.39 is 10.8 Å². The van der Waals surface area contributed by atoms with Crippen LogP contribution in [0.2, 0.25) is 5.02 Å². The van der Waals surface area contributed by atoms with Crippen molar-refractivity contribution in [2.75, 3.05) is 11.9 Å². The lowest BCUT2D eigenvalue weighted by Gasteiger charge is -2.45. The Morgan fingerprint density at radius 3 is 2.55 bits per heavy atom. The maximum absolute atomic E-state index is 13.0. The summed E-state index contributed by atoms with van der Waals surface area (Å²) in [6.07, 6.45) is 2.67. The Morgan fingerprint density at radius 1 is 1.24 bits per heavy atom. The molecule has 2 aliphatic heterocycles. The molecule has 2 amide bonds. The van der Waals surface area contributed by atoms with Gasteiger partial charge in [0.25, 0.3) is 16.8 Å². The quantitative estimate of drug-likeness (QED) is 0.291. The Hall–Kier alpha value is -2.84. The molecule has 0 radical (unpaired) electrons. The van der Waals surface area contributed by atoms with E-state index in [0.29, 0.717) is 27.0 Å². The molecule has 33 heavy (non-hydrogen) atoms. The van der Waals surface area contributed by atoms with E-state index in [1.807, 2.05) is 12.1 Å². The van der Waals surface area contributed by atoms with Gasteiger partial charge in [-0.15, -0.1) is 0 Å². The fourth-order valence-corrected chi connectivity index (χ4v) is 5.44. The summed E-state index contributed by atoms with van der Waals surface area (Å²) in [5.41, 5.74) is 3.55. The average Bonchev–Trinajstić information content (AvgIpc) is 3.00. The maximum Gasteiger partial charge on any atom is 0.293 e. The van der Waals surface area contributed by atoms with Gasteiger partial charge in [0.1, 0.15) is 0 Å². The van der Waals surface area contributed by atoms with Crippen LogP contribution < -0.4 is 4.90 Å². The number of imide groups is 1. The highest BCUT2D eigenvalue weighted by Crippen LogP contribution is 2.45. The first-order valence-electron chi connectivity index (χ1n) is 10.5. The molecule has 9 heteroatoms. The standard InChI is InChI=1S/C24H24ClN3O4S/c1-14-12-24(2,3)26(4)20-11-19(25)16(9-18(14)20)10-21-22(29)27(23(30)33-21)13-15-5-7-17(8-6-15)28(31)32/h5-11,14H,12-13H2,1-4H3/b21-10-. The molecule has 0 aromatic heterocycles. The van der Waals surface area contributed by atoms with Gasteiger partial charge >= 0.3 is 0 Å². The van der Waals surface area contributed by atoms with Crippen molar-refractivity contribution in [3.05, 3.63) is 73.1 Å². The molecule has 1 saturated heterocycles. The zero-order chi connectivity index (χ0) is 24.1. The summed E-state index contributed by atoms with van der Waals surface area (Å²) in [5, 5.41) is 11.0. The largest absolute Gasteiger partial charge is 0.369 e. The van der Waals surface area contributed by atoms with E-state index in [-0.39, 0.29) is 23.0 Å². The number of carbonyl (C=O) groups excluding carboxylic acids is 2. The lowest BCUT2D eigenvalue weighted by molar-refractivity contribution is -0.384. The van der Waals surface area contributed by atoms with E-state index in [1.54, 1.807) is 18.2 Å². The number of nitro benzene ring substituents is 1. The van der Waals surface area contributed by atoms with Crippen LogP contribution in [-0.2, 0) is 11.3 Å². The number of hydrogen-bond acceptors (Lipinski definition) is 6. The highest BCUT2D eigenvalue weighted by molar-refractivity contribution is 8.18. The molecule has 1 fully saturated rings. The summed E-state index contributed by atoms with van der Waals surface area (Å²) in [7, 11) is 2.06. The van der Waals surface area contributed by atoms with Crippen LogP contribution in [0.5, 0.6) is 0 Å². The van der Waals surface area contributed by atoms with Gasteiger partial charge in [-0.1, -0.05) is 30.7 Å². The van der Waals surface area contributed by atoms with Gasteiger partial charge < -0.3 is 4.90 Å². The van der Waals surface area contributed by atoms with Gasteiger partial charge in [0.05, 0.1) is 16.4 Å². The minimum absolute atomic E-state index is 0.0117. The third-order valence-electron chi connectivity index (χ3n) is 6.40. The lowest BCUT2D eigenvalue weighted by atomic mass is 9.80. The molecule has 2 aromatic rings. The van der Waals surface area contributed by atoms with Crippen LogP contribution in [0.3, 0.4) is 0 Å². The Morgan fingerprint density at radius 2 is 1.91 bits per heavy atom. The van der Waals surface area contributed by atoms with Crippen LogP contribution >= 0.6 is 23.4 Å². The topological polar surface area (TPSA) is 83.8 Å². The Labute approximate surface area is 201 Å². The predicted octanol–water partition coefficient (Wildman–Crippen LogP) is 6.21. The number of thioether (sulfide) groups is 1.